The number of esters is 1. The fraction of sp³-hybridized carbons (Fsp3) is 0.238. The van der Waals surface area contributed by atoms with E-state index in [4.69, 9.17) is 27.9 Å². The van der Waals surface area contributed by atoms with E-state index in [2.05, 4.69) is 0 Å². The van der Waals surface area contributed by atoms with Crippen LogP contribution in [0.25, 0.3) is 0 Å². The Morgan fingerprint density at radius 3 is 2.03 bits per heavy atom. The van der Waals surface area contributed by atoms with Crippen molar-refractivity contribution in [3.8, 4) is 0 Å². The molecule has 2 amide bonds. The zero-order chi connectivity index (χ0) is 24.5. The Kier molecular flexibility index (Phi) is 7.20. The monoisotopic (exact) mass is 515 g/mol. The lowest BCUT2D eigenvalue weighted by Gasteiger charge is -2.24. The van der Waals surface area contributed by atoms with Gasteiger partial charge in [0.25, 0.3) is 11.8 Å². The van der Waals surface area contributed by atoms with E-state index in [-0.39, 0.29) is 26.7 Å². The van der Waals surface area contributed by atoms with Gasteiger partial charge in [-0.25, -0.2) is 17.6 Å². The Morgan fingerprint density at radius 1 is 1.03 bits per heavy atom. The molecule has 1 atom stereocenters. The van der Waals surface area contributed by atoms with E-state index >= 15 is 0 Å². The molecule has 0 unspecified atom stereocenters. The summed E-state index contributed by atoms with van der Waals surface area (Å²) in [6, 6.07) is 5.24. The lowest BCUT2D eigenvalue weighted by atomic mass is 10.1. The van der Waals surface area contributed by atoms with E-state index in [9.17, 15) is 32.0 Å². The minimum atomic E-state index is -3.58. The highest BCUT2D eigenvalue weighted by Gasteiger charge is 2.44. The van der Waals surface area contributed by atoms with Gasteiger partial charge in [0.15, 0.2) is 12.4 Å². The molecular weight excluding hydrogens is 500 g/mol. The number of hydrogen-bond acceptors (Lipinski definition) is 7. The standard InChI is InChI=1S/C21H16Cl2FNO7S/c1-33(30,31)7-6-17(21(29)32-10-18(26)11-2-4-12(24)5-3-11)25-19(27)13-8-15(22)16(23)9-14(13)20(25)28/h2-5,8-9,17H,6-7,10H2,1H3/t17-/m1/s1. The van der Waals surface area contributed by atoms with Crippen LogP contribution in [0.4, 0.5) is 4.39 Å². The Bertz CT molecular complexity index is 1220. The molecule has 0 spiro atoms. The molecule has 12 heteroatoms. The zero-order valence-corrected chi connectivity index (χ0v) is 19.3. The second-order valence-corrected chi connectivity index (χ2v) is 10.3. The maximum Gasteiger partial charge on any atom is 0.329 e. The fourth-order valence-electron chi connectivity index (χ4n) is 3.17. The van der Waals surface area contributed by atoms with Crippen LogP contribution in [0.15, 0.2) is 36.4 Å². The number of halogens is 3. The number of sulfone groups is 1. The van der Waals surface area contributed by atoms with Crippen molar-refractivity contribution in [1.82, 2.24) is 4.90 Å². The van der Waals surface area contributed by atoms with E-state index in [0.717, 1.165) is 18.4 Å². The SMILES string of the molecule is CS(=O)(=O)CC[C@H](C(=O)OCC(=O)c1ccc(F)cc1)N1C(=O)c2cc(Cl)c(Cl)cc2C1=O. The summed E-state index contributed by atoms with van der Waals surface area (Å²) in [5, 5.41) is 0.0251. The molecule has 0 N–H and O–H groups in total. The topological polar surface area (TPSA) is 115 Å². The van der Waals surface area contributed by atoms with E-state index < -0.39 is 64.0 Å². The van der Waals surface area contributed by atoms with Crippen molar-refractivity contribution in [1.29, 1.82) is 0 Å². The highest BCUT2D eigenvalue weighted by molar-refractivity contribution is 7.90. The van der Waals surface area contributed by atoms with Gasteiger partial charge in [0.1, 0.15) is 21.7 Å². The number of nitrogens with zero attached hydrogens (tertiary/aromatic N) is 1. The second-order valence-electron chi connectivity index (χ2n) is 7.26. The molecule has 1 heterocycles. The maximum absolute atomic E-state index is 13.0. The average molecular weight is 516 g/mol. The van der Waals surface area contributed by atoms with E-state index in [1.807, 2.05) is 0 Å². The third-order valence-corrected chi connectivity index (χ3v) is 6.52. The lowest BCUT2D eigenvalue weighted by Crippen LogP contribution is -2.46. The van der Waals surface area contributed by atoms with Crippen LogP contribution in [0.2, 0.25) is 10.0 Å². The van der Waals surface area contributed by atoms with Crippen LogP contribution >= 0.6 is 23.2 Å². The number of carbonyl (C=O) groups is 4. The third kappa shape index (κ3) is 5.58. The third-order valence-electron chi connectivity index (χ3n) is 4.82. The molecule has 1 aliphatic rings. The number of imide groups is 1. The zero-order valence-electron chi connectivity index (χ0n) is 17.0. The molecule has 2 aromatic carbocycles. The number of Topliss-reactive ketones (excluding diaryl/α,β-unsaturated/α-hetero) is 1. The van der Waals surface area contributed by atoms with Crippen LogP contribution in [-0.4, -0.2) is 61.5 Å². The van der Waals surface area contributed by atoms with Crippen LogP contribution in [0.1, 0.15) is 37.5 Å². The quantitative estimate of drug-likeness (QED) is 0.301. The Labute approximate surface area is 198 Å². The number of carbonyl (C=O) groups excluding carboxylic acids is 4. The van der Waals surface area contributed by atoms with Gasteiger partial charge in [-0.2, -0.15) is 0 Å². The van der Waals surface area contributed by atoms with Crippen LogP contribution < -0.4 is 0 Å². The predicted molar refractivity (Wildman–Crippen MR) is 117 cm³/mol. The molecule has 1 aliphatic heterocycles. The maximum atomic E-state index is 13.0. The molecule has 0 aromatic heterocycles. The molecule has 0 aliphatic carbocycles. The first-order chi connectivity index (χ1) is 15.4. The van der Waals surface area contributed by atoms with Crippen LogP contribution in [-0.2, 0) is 19.4 Å². The summed E-state index contributed by atoms with van der Waals surface area (Å²) in [5.74, 6) is -4.67. The first kappa shape index (κ1) is 24.8. The summed E-state index contributed by atoms with van der Waals surface area (Å²) in [7, 11) is -3.58. The minimum Gasteiger partial charge on any atom is -0.456 e. The van der Waals surface area contributed by atoms with Crippen molar-refractivity contribution in [2.75, 3.05) is 18.6 Å². The lowest BCUT2D eigenvalue weighted by molar-refractivity contribution is -0.147. The number of amides is 2. The molecule has 0 fully saturated rings. The van der Waals surface area contributed by atoms with Gasteiger partial charge in [-0.3, -0.25) is 19.3 Å². The van der Waals surface area contributed by atoms with Gasteiger partial charge in [0.2, 0.25) is 0 Å². The highest BCUT2D eigenvalue weighted by Crippen LogP contribution is 2.33. The van der Waals surface area contributed by atoms with Crippen molar-refractivity contribution < 1.29 is 36.7 Å². The smallest absolute Gasteiger partial charge is 0.329 e. The van der Waals surface area contributed by atoms with Crippen molar-refractivity contribution in [2.45, 2.75) is 12.5 Å². The molecule has 3 rings (SSSR count). The number of fused-ring (bicyclic) bond motifs is 1. The summed E-state index contributed by atoms with van der Waals surface area (Å²) in [6.45, 7) is -0.763. The van der Waals surface area contributed by atoms with Crippen molar-refractivity contribution in [3.05, 3.63) is 69.0 Å². The molecule has 8 nitrogen and oxygen atoms in total. The molecule has 0 radical (unpaired) electrons. The van der Waals surface area contributed by atoms with E-state index in [1.165, 1.54) is 24.3 Å². The van der Waals surface area contributed by atoms with Crippen molar-refractivity contribution >= 4 is 56.6 Å². The second kappa shape index (κ2) is 9.58. The minimum absolute atomic E-state index is 0.0126. The molecule has 0 saturated heterocycles. The van der Waals surface area contributed by atoms with E-state index in [0.29, 0.717) is 4.90 Å². The number of ether oxygens (including phenoxy) is 1. The molecule has 2 aromatic rings. The number of benzene rings is 2. The normalized spacial score (nSPS) is 14.2. The average Bonchev–Trinajstić information content (AvgIpc) is 2.97. The summed E-state index contributed by atoms with van der Waals surface area (Å²) in [5.41, 5.74) is -0.134. The van der Waals surface area contributed by atoms with Gasteiger partial charge >= 0.3 is 5.97 Å². The van der Waals surface area contributed by atoms with Crippen LogP contribution in [0.5, 0.6) is 0 Å². The Morgan fingerprint density at radius 2 is 1.55 bits per heavy atom. The first-order valence-electron chi connectivity index (χ1n) is 9.39. The van der Waals surface area contributed by atoms with Gasteiger partial charge in [0, 0.05) is 11.8 Å². The highest BCUT2D eigenvalue weighted by atomic mass is 35.5. The van der Waals surface area contributed by atoms with E-state index in [1.54, 1.807) is 0 Å². The fourth-order valence-corrected chi connectivity index (χ4v) is 4.14. The number of ketones is 1. The molecule has 33 heavy (non-hydrogen) atoms. The van der Waals surface area contributed by atoms with Gasteiger partial charge < -0.3 is 4.74 Å². The van der Waals surface area contributed by atoms with Gasteiger partial charge in [-0.05, 0) is 42.8 Å². The number of rotatable bonds is 8. The molecule has 0 bridgehead atoms. The molecule has 174 valence electrons. The Balaban J connectivity index is 1.84. The Hall–Kier alpha value is -2.82. The first-order valence-corrected chi connectivity index (χ1v) is 12.2. The van der Waals surface area contributed by atoms with Crippen LogP contribution in [0, 0.1) is 5.82 Å². The van der Waals surface area contributed by atoms with Crippen molar-refractivity contribution in [2.24, 2.45) is 0 Å². The van der Waals surface area contributed by atoms with Gasteiger partial charge in [-0.1, -0.05) is 23.2 Å². The molecule has 0 saturated carbocycles. The van der Waals surface area contributed by atoms with Crippen molar-refractivity contribution in [3.63, 3.8) is 0 Å². The molecular formula is C21H16Cl2FNO7S. The largest absolute Gasteiger partial charge is 0.456 e. The predicted octanol–water partition coefficient (Wildman–Crippen LogP) is 2.96. The summed E-state index contributed by atoms with van der Waals surface area (Å²) in [4.78, 5) is 51.3. The van der Waals surface area contributed by atoms with Gasteiger partial charge in [0.05, 0.1) is 26.9 Å². The summed E-state index contributed by atoms with van der Waals surface area (Å²) < 4.78 is 41.3. The number of hydrogen-bond donors (Lipinski definition) is 0. The van der Waals surface area contributed by atoms with Gasteiger partial charge in [-0.15, -0.1) is 0 Å². The summed E-state index contributed by atoms with van der Waals surface area (Å²) >= 11 is 11.8. The summed E-state index contributed by atoms with van der Waals surface area (Å²) in [6.07, 6.45) is 0.477. The van der Waals surface area contributed by atoms with Crippen LogP contribution in [0.3, 0.4) is 0 Å².